The molecule has 1 saturated heterocycles. The molecule has 2 heterocycles. The Balaban J connectivity index is 1.68. The van der Waals surface area contributed by atoms with E-state index in [2.05, 4.69) is 53.5 Å². The third-order valence-corrected chi connectivity index (χ3v) is 4.71. The molecule has 4 rings (SSSR count). The second-order valence-electron chi connectivity index (χ2n) is 6.58. The van der Waals surface area contributed by atoms with Gasteiger partial charge in [0.05, 0.1) is 18.9 Å². The molecule has 0 atom stereocenters. The van der Waals surface area contributed by atoms with Crippen molar-refractivity contribution in [3.8, 4) is 11.3 Å². The van der Waals surface area contributed by atoms with E-state index in [9.17, 15) is 0 Å². The molecule has 0 amide bonds. The quantitative estimate of drug-likeness (QED) is 0.736. The fraction of sp³-hybridized carbons (Fsp3) is 0.273. The lowest BCUT2D eigenvalue weighted by molar-refractivity contribution is 0.122. The molecule has 0 spiro atoms. The SMILES string of the molecule is CCc1ccc(Nc2cc(-c3ccccc3)nc(N3CCOCC3)n2)cc1. The van der Waals surface area contributed by atoms with Crippen LogP contribution in [0.25, 0.3) is 11.3 Å². The number of hydrogen-bond acceptors (Lipinski definition) is 5. The van der Waals surface area contributed by atoms with Gasteiger partial charge in [0, 0.05) is 30.4 Å². The van der Waals surface area contributed by atoms with Gasteiger partial charge in [-0.15, -0.1) is 0 Å². The first-order valence-corrected chi connectivity index (χ1v) is 9.45. The Hall–Kier alpha value is -2.92. The van der Waals surface area contributed by atoms with Crippen molar-refractivity contribution in [2.75, 3.05) is 36.5 Å². The smallest absolute Gasteiger partial charge is 0.228 e. The molecule has 0 saturated carbocycles. The average molecular weight is 360 g/mol. The second kappa shape index (κ2) is 8.18. The standard InChI is InChI=1S/C22H24N4O/c1-2-17-8-10-19(11-9-17)23-21-16-20(18-6-4-3-5-7-18)24-22(25-21)26-12-14-27-15-13-26/h3-11,16H,2,12-15H2,1H3,(H,23,24,25). The summed E-state index contributed by atoms with van der Waals surface area (Å²) in [7, 11) is 0. The highest BCUT2D eigenvalue weighted by Crippen LogP contribution is 2.25. The highest BCUT2D eigenvalue weighted by atomic mass is 16.5. The van der Waals surface area contributed by atoms with Crippen molar-refractivity contribution < 1.29 is 4.74 Å². The van der Waals surface area contributed by atoms with E-state index in [0.717, 1.165) is 48.2 Å². The largest absolute Gasteiger partial charge is 0.378 e. The van der Waals surface area contributed by atoms with Crippen molar-refractivity contribution in [3.63, 3.8) is 0 Å². The number of aromatic nitrogens is 2. The van der Waals surface area contributed by atoms with Crippen LogP contribution < -0.4 is 10.2 Å². The van der Waals surface area contributed by atoms with Crippen LogP contribution in [0.4, 0.5) is 17.5 Å². The number of nitrogens with zero attached hydrogens (tertiary/aromatic N) is 3. The zero-order chi connectivity index (χ0) is 18.5. The number of rotatable bonds is 5. The summed E-state index contributed by atoms with van der Waals surface area (Å²) in [6, 6.07) is 20.7. The minimum Gasteiger partial charge on any atom is -0.378 e. The van der Waals surface area contributed by atoms with Crippen molar-refractivity contribution in [1.82, 2.24) is 9.97 Å². The Bertz CT molecular complexity index is 875. The maximum atomic E-state index is 5.47. The third kappa shape index (κ3) is 4.26. The Morgan fingerprint density at radius 1 is 0.963 bits per heavy atom. The van der Waals surface area contributed by atoms with Gasteiger partial charge in [-0.1, -0.05) is 49.4 Å². The lowest BCUT2D eigenvalue weighted by Gasteiger charge is -2.27. The first-order valence-electron chi connectivity index (χ1n) is 9.45. The van der Waals surface area contributed by atoms with Crippen LogP contribution in [0.15, 0.2) is 60.7 Å². The van der Waals surface area contributed by atoms with E-state index in [1.807, 2.05) is 24.3 Å². The first-order chi connectivity index (χ1) is 13.3. The van der Waals surface area contributed by atoms with Crippen LogP contribution in [0.5, 0.6) is 0 Å². The summed E-state index contributed by atoms with van der Waals surface area (Å²) in [6.45, 7) is 5.19. The predicted molar refractivity (Wildman–Crippen MR) is 110 cm³/mol. The molecule has 0 unspecified atom stereocenters. The molecule has 1 aliphatic heterocycles. The molecular formula is C22H24N4O. The van der Waals surface area contributed by atoms with E-state index >= 15 is 0 Å². The maximum absolute atomic E-state index is 5.47. The van der Waals surface area contributed by atoms with Crippen LogP contribution in [0.3, 0.4) is 0 Å². The number of aryl methyl sites for hydroxylation is 1. The Labute approximate surface area is 160 Å². The van der Waals surface area contributed by atoms with E-state index in [-0.39, 0.29) is 0 Å². The summed E-state index contributed by atoms with van der Waals surface area (Å²) in [6.07, 6.45) is 1.03. The van der Waals surface area contributed by atoms with E-state index in [4.69, 9.17) is 14.7 Å². The summed E-state index contributed by atoms with van der Waals surface area (Å²) in [4.78, 5) is 11.8. The van der Waals surface area contributed by atoms with Gasteiger partial charge >= 0.3 is 0 Å². The minimum atomic E-state index is 0.708. The third-order valence-electron chi connectivity index (χ3n) is 4.71. The Morgan fingerprint density at radius 2 is 1.70 bits per heavy atom. The maximum Gasteiger partial charge on any atom is 0.228 e. The van der Waals surface area contributed by atoms with Gasteiger partial charge in [0.15, 0.2) is 0 Å². The number of nitrogens with one attached hydrogen (secondary N) is 1. The molecule has 0 aliphatic carbocycles. The molecule has 138 valence electrons. The lowest BCUT2D eigenvalue weighted by atomic mass is 10.1. The zero-order valence-electron chi connectivity index (χ0n) is 15.6. The number of ether oxygens (including phenoxy) is 1. The van der Waals surface area contributed by atoms with Gasteiger partial charge in [-0.3, -0.25) is 0 Å². The van der Waals surface area contributed by atoms with Crippen molar-refractivity contribution in [2.45, 2.75) is 13.3 Å². The van der Waals surface area contributed by atoms with E-state index in [1.54, 1.807) is 0 Å². The fourth-order valence-electron chi connectivity index (χ4n) is 3.13. The number of hydrogen-bond donors (Lipinski definition) is 1. The molecule has 5 nitrogen and oxygen atoms in total. The predicted octanol–water partition coefficient (Wildman–Crippen LogP) is 4.29. The summed E-state index contributed by atoms with van der Waals surface area (Å²) in [5.74, 6) is 1.54. The number of benzene rings is 2. The molecule has 3 aromatic rings. The van der Waals surface area contributed by atoms with Crippen LogP contribution in [-0.2, 0) is 11.2 Å². The minimum absolute atomic E-state index is 0.708. The fourth-order valence-corrected chi connectivity index (χ4v) is 3.13. The molecule has 1 aliphatic rings. The summed E-state index contributed by atoms with van der Waals surface area (Å²) in [5.41, 5.74) is 4.35. The first kappa shape index (κ1) is 17.5. The average Bonchev–Trinajstić information content (AvgIpc) is 2.75. The van der Waals surface area contributed by atoms with E-state index < -0.39 is 0 Å². The summed E-state index contributed by atoms with van der Waals surface area (Å²) < 4.78 is 5.47. The molecule has 27 heavy (non-hydrogen) atoms. The number of anilines is 3. The normalized spacial score (nSPS) is 14.2. The highest BCUT2D eigenvalue weighted by Gasteiger charge is 2.16. The molecule has 1 N–H and O–H groups in total. The van der Waals surface area contributed by atoms with Crippen LogP contribution in [0.2, 0.25) is 0 Å². The van der Waals surface area contributed by atoms with Crippen LogP contribution in [0, 0.1) is 0 Å². The van der Waals surface area contributed by atoms with Crippen LogP contribution in [-0.4, -0.2) is 36.3 Å². The van der Waals surface area contributed by atoms with Gasteiger partial charge in [-0.25, -0.2) is 4.98 Å². The van der Waals surface area contributed by atoms with Gasteiger partial charge in [-0.05, 0) is 24.1 Å². The highest BCUT2D eigenvalue weighted by molar-refractivity contribution is 5.67. The van der Waals surface area contributed by atoms with Gasteiger partial charge < -0.3 is 15.0 Å². The van der Waals surface area contributed by atoms with Gasteiger partial charge in [-0.2, -0.15) is 4.98 Å². The van der Waals surface area contributed by atoms with Crippen molar-refractivity contribution in [3.05, 3.63) is 66.2 Å². The molecule has 0 bridgehead atoms. The number of morpholine rings is 1. The van der Waals surface area contributed by atoms with Crippen LogP contribution >= 0.6 is 0 Å². The lowest BCUT2D eigenvalue weighted by Crippen LogP contribution is -2.37. The molecular weight excluding hydrogens is 336 g/mol. The zero-order valence-corrected chi connectivity index (χ0v) is 15.6. The van der Waals surface area contributed by atoms with Gasteiger partial charge in [0.2, 0.25) is 5.95 Å². The monoisotopic (exact) mass is 360 g/mol. The van der Waals surface area contributed by atoms with Gasteiger partial charge in [0.1, 0.15) is 5.82 Å². The molecule has 1 fully saturated rings. The van der Waals surface area contributed by atoms with Crippen molar-refractivity contribution in [2.24, 2.45) is 0 Å². The van der Waals surface area contributed by atoms with Crippen molar-refractivity contribution in [1.29, 1.82) is 0 Å². The Kier molecular flexibility index (Phi) is 5.30. The summed E-state index contributed by atoms with van der Waals surface area (Å²) >= 11 is 0. The molecule has 2 aromatic carbocycles. The topological polar surface area (TPSA) is 50.3 Å². The van der Waals surface area contributed by atoms with E-state index in [1.165, 1.54) is 5.56 Å². The molecule has 0 radical (unpaired) electrons. The van der Waals surface area contributed by atoms with E-state index in [0.29, 0.717) is 13.2 Å². The second-order valence-corrected chi connectivity index (χ2v) is 6.58. The molecule has 5 heteroatoms. The molecule has 1 aromatic heterocycles. The van der Waals surface area contributed by atoms with Gasteiger partial charge in [0.25, 0.3) is 0 Å². The Morgan fingerprint density at radius 3 is 2.41 bits per heavy atom. The van der Waals surface area contributed by atoms with Crippen molar-refractivity contribution >= 4 is 17.5 Å². The van der Waals surface area contributed by atoms with Crippen LogP contribution in [0.1, 0.15) is 12.5 Å². The summed E-state index contributed by atoms with van der Waals surface area (Å²) in [5, 5.41) is 3.44.